The zero-order chi connectivity index (χ0) is 13.9. The van der Waals surface area contributed by atoms with Crippen LogP contribution in [0.5, 0.6) is 5.75 Å². The molecule has 4 nitrogen and oxygen atoms in total. The van der Waals surface area contributed by atoms with E-state index in [9.17, 15) is 0 Å². The zero-order valence-electron chi connectivity index (χ0n) is 11.9. The molecule has 0 aliphatic carbocycles. The van der Waals surface area contributed by atoms with Gasteiger partial charge in [-0.15, -0.1) is 0 Å². The predicted octanol–water partition coefficient (Wildman–Crippen LogP) is 2.01. The van der Waals surface area contributed by atoms with E-state index in [2.05, 4.69) is 6.07 Å². The van der Waals surface area contributed by atoms with Crippen LogP contribution >= 0.6 is 0 Å². The van der Waals surface area contributed by atoms with Gasteiger partial charge in [0.25, 0.3) is 0 Å². The maximum Gasteiger partial charge on any atom is 0.119 e. The topological polar surface area (TPSA) is 53.7 Å². The fraction of sp³-hybridized carbons (Fsp3) is 0.600. The van der Waals surface area contributed by atoms with Gasteiger partial charge in [-0.3, -0.25) is 0 Å². The minimum atomic E-state index is 0.120. The summed E-state index contributed by atoms with van der Waals surface area (Å²) >= 11 is 0. The summed E-state index contributed by atoms with van der Waals surface area (Å²) in [6, 6.07) is 8.14. The van der Waals surface area contributed by atoms with Crippen LogP contribution in [-0.2, 0) is 15.9 Å². The van der Waals surface area contributed by atoms with Gasteiger partial charge in [-0.05, 0) is 37.0 Å². The Morgan fingerprint density at radius 3 is 2.74 bits per heavy atom. The number of methoxy groups -OCH3 is 2. The third-order valence-corrected chi connectivity index (χ3v) is 2.90. The number of rotatable bonds is 10. The Kier molecular flexibility index (Phi) is 8.21. The molecule has 1 atom stereocenters. The molecule has 0 aromatic heterocycles. The predicted molar refractivity (Wildman–Crippen MR) is 76.6 cm³/mol. The highest BCUT2D eigenvalue weighted by Crippen LogP contribution is 2.14. The van der Waals surface area contributed by atoms with Crippen molar-refractivity contribution in [1.29, 1.82) is 0 Å². The van der Waals surface area contributed by atoms with Crippen LogP contribution in [0.2, 0.25) is 0 Å². The largest absolute Gasteiger partial charge is 0.497 e. The first-order valence-electron chi connectivity index (χ1n) is 6.71. The van der Waals surface area contributed by atoms with E-state index in [1.54, 1.807) is 14.2 Å². The smallest absolute Gasteiger partial charge is 0.119 e. The van der Waals surface area contributed by atoms with E-state index in [4.69, 9.17) is 19.9 Å². The van der Waals surface area contributed by atoms with E-state index in [0.29, 0.717) is 6.61 Å². The molecule has 4 heteroatoms. The SMILES string of the molecule is COCCCOCCC(N)Cc1cccc(OC)c1. The van der Waals surface area contributed by atoms with Crippen LogP contribution in [0.1, 0.15) is 18.4 Å². The monoisotopic (exact) mass is 267 g/mol. The summed E-state index contributed by atoms with van der Waals surface area (Å²) in [4.78, 5) is 0. The zero-order valence-corrected chi connectivity index (χ0v) is 11.9. The highest BCUT2D eigenvalue weighted by Gasteiger charge is 2.05. The average Bonchev–Trinajstić information content (AvgIpc) is 2.43. The fourth-order valence-corrected chi connectivity index (χ4v) is 1.85. The van der Waals surface area contributed by atoms with Gasteiger partial charge in [-0.2, -0.15) is 0 Å². The van der Waals surface area contributed by atoms with E-state index >= 15 is 0 Å². The lowest BCUT2D eigenvalue weighted by Gasteiger charge is -2.12. The molecule has 0 spiro atoms. The molecule has 0 aliphatic rings. The van der Waals surface area contributed by atoms with E-state index in [-0.39, 0.29) is 6.04 Å². The molecule has 1 aromatic rings. The quantitative estimate of drug-likeness (QED) is 0.659. The van der Waals surface area contributed by atoms with Crippen LogP contribution in [0.4, 0.5) is 0 Å². The molecule has 2 N–H and O–H groups in total. The van der Waals surface area contributed by atoms with Crippen molar-refractivity contribution in [3.8, 4) is 5.75 Å². The minimum Gasteiger partial charge on any atom is -0.497 e. The van der Waals surface area contributed by atoms with Crippen molar-refractivity contribution in [3.63, 3.8) is 0 Å². The summed E-state index contributed by atoms with van der Waals surface area (Å²) < 4.78 is 15.7. The van der Waals surface area contributed by atoms with Crippen LogP contribution < -0.4 is 10.5 Å². The average molecular weight is 267 g/mol. The molecule has 0 saturated heterocycles. The maximum atomic E-state index is 6.09. The third-order valence-electron chi connectivity index (χ3n) is 2.90. The van der Waals surface area contributed by atoms with Gasteiger partial charge in [0.2, 0.25) is 0 Å². The van der Waals surface area contributed by atoms with Gasteiger partial charge in [0.15, 0.2) is 0 Å². The summed E-state index contributed by atoms with van der Waals surface area (Å²) in [7, 11) is 3.37. The molecule has 0 heterocycles. The summed E-state index contributed by atoms with van der Waals surface area (Å²) in [5, 5.41) is 0. The Bertz CT molecular complexity index is 344. The van der Waals surface area contributed by atoms with Crippen LogP contribution in [0, 0.1) is 0 Å². The number of ether oxygens (including phenoxy) is 3. The Balaban J connectivity index is 2.17. The Hall–Kier alpha value is -1.10. The van der Waals surface area contributed by atoms with E-state index < -0.39 is 0 Å². The molecular weight excluding hydrogens is 242 g/mol. The molecular formula is C15H25NO3. The van der Waals surface area contributed by atoms with Gasteiger partial charge in [0.05, 0.1) is 7.11 Å². The van der Waals surface area contributed by atoms with Gasteiger partial charge < -0.3 is 19.9 Å². The lowest BCUT2D eigenvalue weighted by atomic mass is 10.0. The van der Waals surface area contributed by atoms with Gasteiger partial charge in [-0.25, -0.2) is 0 Å². The second kappa shape index (κ2) is 9.78. The summed E-state index contributed by atoms with van der Waals surface area (Å²) in [5.74, 6) is 0.875. The first kappa shape index (κ1) is 16.0. The lowest BCUT2D eigenvalue weighted by molar-refractivity contribution is 0.0984. The molecule has 1 aromatic carbocycles. The number of benzene rings is 1. The number of hydrogen-bond donors (Lipinski definition) is 1. The molecule has 19 heavy (non-hydrogen) atoms. The number of hydrogen-bond acceptors (Lipinski definition) is 4. The second-order valence-electron chi connectivity index (χ2n) is 4.56. The summed E-state index contributed by atoms with van der Waals surface area (Å²) in [5.41, 5.74) is 7.29. The van der Waals surface area contributed by atoms with Gasteiger partial charge in [0.1, 0.15) is 5.75 Å². The van der Waals surface area contributed by atoms with Crippen LogP contribution in [0.15, 0.2) is 24.3 Å². The molecule has 1 unspecified atom stereocenters. The molecule has 0 radical (unpaired) electrons. The second-order valence-corrected chi connectivity index (χ2v) is 4.56. The van der Waals surface area contributed by atoms with Crippen molar-refractivity contribution < 1.29 is 14.2 Å². The van der Waals surface area contributed by atoms with Gasteiger partial charge >= 0.3 is 0 Å². The highest BCUT2D eigenvalue weighted by molar-refractivity contribution is 5.28. The van der Waals surface area contributed by atoms with Crippen LogP contribution in [0.25, 0.3) is 0 Å². The highest BCUT2D eigenvalue weighted by atomic mass is 16.5. The molecule has 0 fully saturated rings. The van der Waals surface area contributed by atoms with Crippen LogP contribution in [0.3, 0.4) is 0 Å². The van der Waals surface area contributed by atoms with Gasteiger partial charge in [0, 0.05) is 33.0 Å². The summed E-state index contributed by atoms with van der Waals surface area (Å²) in [6.45, 7) is 2.18. The first-order valence-corrected chi connectivity index (χ1v) is 6.71. The third kappa shape index (κ3) is 7.15. The number of nitrogens with two attached hydrogens (primary N) is 1. The molecule has 0 saturated carbocycles. The summed E-state index contributed by atoms with van der Waals surface area (Å²) in [6.07, 6.45) is 2.64. The normalized spacial score (nSPS) is 12.4. The van der Waals surface area contributed by atoms with E-state index in [1.165, 1.54) is 5.56 Å². The maximum absolute atomic E-state index is 6.09. The van der Waals surface area contributed by atoms with Crippen molar-refractivity contribution in [2.75, 3.05) is 34.0 Å². The van der Waals surface area contributed by atoms with Crippen molar-refractivity contribution in [1.82, 2.24) is 0 Å². The van der Waals surface area contributed by atoms with E-state index in [0.717, 1.165) is 38.2 Å². The standard InChI is InChI=1S/C15H25NO3/c1-17-8-4-9-19-10-7-14(16)11-13-5-3-6-15(12-13)18-2/h3,5-6,12,14H,4,7-11,16H2,1-2H3. The van der Waals surface area contributed by atoms with E-state index in [1.807, 2.05) is 18.2 Å². The molecule has 1 rings (SSSR count). The van der Waals surface area contributed by atoms with Crippen molar-refractivity contribution in [2.24, 2.45) is 5.73 Å². The molecule has 0 aliphatic heterocycles. The van der Waals surface area contributed by atoms with Crippen molar-refractivity contribution in [2.45, 2.75) is 25.3 Å². The lowest BCUT2D eigenvalue weighted by Crippen LogP contribution is -2.24. The van der Waals surface area contributed by atoms with Gasteiger partial charge in [-0.1, -0.05) is 12.1 Å². The molecule has 108 valence electrons. The fourth-order valence-electron chi connectivity index (χ4n) is 1.85. The minimum absolute atomic E-state index is 0.120. The first-order chi connectivity index (χ1) is 9.26. The Morgan fingerprint density at radius 1 is 1.16 bits per heavy atom. The van der Waals surface area contributed by atoms with Crippen molar-refractivity contribution in [3.05, 3.63) is 29.8 Å². The van der Waals surface area contributed by atoms with Crippen molar-refractivity contribution >= 4 is 0 Å². The Labute approximate surface area is 115 Å². The molecule has 0 bridgehead atoms. The molecule has 0 amide bonds. The van der Waals surface area contributed by atoms with Crippen LogP contribution in [-0.4, -0.2) is 40.1 Å². The Morgan fingerprint density at radius 2 is 2.00 bits per heavy atom.